The maximum Gasteiger partial charge on any atom is 0.287 e. The van der Waals surface area contributed by atoms with E-state index in [1.165, 1.54) is 0 Å². The van der Waals surface area contributed by atoms with Gasteiger partial charge in [0, 0.05) is 41.0 Å². The largest absolute Gasteiger partial charge is 0.456 e. The number of likely N-dealkylation sites (N-methyl/N-ethyl adjacent to an activating group) is 1. The third kappa shape index (κ3) is 4.58. The molecule has 0 aliphatic carbocycles. The van der Waals surface area contributed by atoms with Crippen molar-refractivity contribution in [1.82, 2.24) is 10.2 Å². The van der Waals surface area contributed by atoms with Crippen LogP contribution in [0.25, 0.3) is 22.3 Å². The normalized spacial score (nSPS) is 11.3. The second-order valence-corrected chi connectivity index (χ2v) is 7.90. The molecular weight excluding hydrogens is 400 g/mol. The van der Waals surface area contributed by atoms with Gasteiger partial charge >= 0.3 is 0 Å². The summed E-state index contributed by atoms with van der Waals surface area (Å²) in [5, 5.41) is 4.42. The summed E-state index contributed by atoms with van der Waals surface area (Å²) in [6.07, 6.45) is 0.476. The van der Waals surface area contributed by atoms with Gasteiger partial charge in [-0.15, -0.1) is 0 Å². The average molecular weight is 423 g/mol. The molecule has 0 fully saturated rings. The van der Waals surface area contributed by atoms with Crippen LogP contribution >= 0.6 is 11.6 Å². The molecule has 154 valence electrons. The van der Waals surface area contributed by atoms with Crippen LogP contribution in [0.5, 0.6) is 0 Å². The third-order valence-electron chi connectivity index (χ3n) is 4.81. The minimum atomic E-state index is -0.219. The van der Waals surface area contributed by atoms with Crippen LogP contribution in [0, 0.1) is 0 Å². The van der Waals surface area contributed by atoms with E-state index in [0.717, 1.165) is 34.4 Å². The quantitative estimate of drug-likeness (QED) is 0.443. The van der Waals surface area contributed by atoms with E-state index in [2.05, 4.69) is 5.32 Å². The van der Waals surface area contributed by atoms with Gasteiger partial charge in [-0.25, -0.2) is 0 Å². The second kappa shape index (κ2) is 8.78. The minimum Gasteiger partial charge on any atom is -0.456 e. The SMILES string of the molecule is CN(C)CCNC(=O)c1ccc(Cc2cc(Cl)cc3cc(-c4ccccc4)oc23)o1. The highest BCUT2D eigenvalue weighted by Gasteiger charge is 2.15. The lowest BCUT2D eigenvalue weighted by Crippen LogP contribution is -2.31. The molecule has 6 heteroatoms. The first-order chi connectivity index (χ1) is 14.5. The Kier molecular flexibility index (Phi) is 5.93. The zero-order valence-electron chi connectivity index (χ0n) is 16.9. The molecule has 0 aliphatic heterocycles. The van der Waals surface area contributed by atoms with Crippen molar-refractivity contribution in [3.63, 3.8) is 0 Å². The van der Waals surface area contributed by atoms with E-state index >= 15 is 0 Å². The van der Waals surface area contributed by atoms with Gasteiger partial charge in [-0.05, 0) is 44.4 Å². The molecule has 0 radical (unpaired) electrons. The predicted molar refractivity (Wildman–Crippen MR) is 119 cm³/mol. The summed E-state index contributed by atoms with van der Waals surface area (Å²) in [5.41, 5.74) is 2.69. The van der Waals surface area contributed by atoms with Crippen LogP contribution < -0.4 is 5.32 Å². The van der Waals surface area contributed by atoms with Crippen molar-refractivity contribution in [3.05, 3.63) is 82.8 Å². The van der Waals surface area contributed by atoms with Gasteiger partial charge in [0.2, 0.25) is 0 Å². The Labute approximate surface area is 180 Å². The van der Waals surface area contributed by atoms with Crippen LogP contribution in [0.2, 0.25) is 5.02 Å². The average Bonchev–Trinajstić information content (AvgIpc) is 3.35. The number of carbonyl (C=O) groups excluding carboxylic acids is 1. The molecule has 0 spiro atoms. The van der Waals surface area contributed by atoms with Gasteiger partial charge in [0.25, 0.3) is 5.91 Å². The number of amides is 1. The van der Waals surface area contributed by atoms with Crippen molar-refractivity contribution < 1.29 is 13.6 Å². The highest BCUT2D eigenvalue weighted by molar-refractivity contribution is 6.31. The molecule has 2 aromatic carbocycles. The highest BCUT2D eigenvalue weighted by Crippen LogP contribution is 2.33. The van der Waals surface area contributed by atoms with Crippen LogP contribution in [-0.2, 0) is 6.42 Å². The summed E-state index contributed by atoms with van der Waals surface area (Å²) in [6, 6.07) is 19.2. The molecule has 1 amide bonds. The van der Waals surface area contributed by atoms with Crippen molar-refractivity contribution in [2.45, 2.75) is 6.42 Å². The highest BCUT2D eigenvalue weighted by atomic mass is 35.5. The summed E-state index contributed by atoms with van der Waals surface area (Å²) in [6.45, 7) is 1.33. The maximum atomic E-state index is 12.3. The first kappa shape index (κ1) is 20.3. The van der Waals surface area contributed by atoms with E-state index < -0.39 is 0 Å². The molecule has 5 nitrogen and oxygen atoms in total. The molecule has 4 aromatic rings. The van der Waals surface area contributed by atoms with Gasteiger partial charge in [0.1, 0.15) is 17.1 Å². The second-order valence-electron chi connectivity index (χ2n) is 7.46. The van der Waals surface area contributed by atoms with Gasteiger partial charge in [-0.1, -0.05) is 41.9 Å². The van der Waals surface area contributed by atoms with Crippen LogP contribution in [-0.4, -0.2) is 38.0 Å². The number of furan rings is 2. The number of hydrogen-bond acceptors (Lipinski definition) is 4. The third-order valence-corrected chi connectivity index (χ3v) is 5.03. The van der Waals surface area contributed by atoms with Crippen LogP contribution in [0.1, 0.15) is 21.9 Å². The van der Waals surface area contributed by atoms with E-state index in [1.54, 1.807) is 6.07 Å². The van der Waals surface area contributed by atoms with E-state index in [9.17, 15) is 4.79 Å². The predicted octanol–water partition coefficient (Wildman–Crippen LogP) is 5.23. The smallest absolute Gasteiger partial charge is 0.287 e. The van der Waals surface area contributed by atoms with Gasteiger partial charge in [0.15, 0.2) is 5.76 Å². The molecular formula is C24H23ClN2O3. The van der Waals surface area contributed by atoms with Gasteiger partial charge in [-0.3, -0.25) is 4.79 Å². The van der Waals surface area contributed by atoms with Crippen molar-refractivity contribution >= 4 is 28.5 Å². The topological polar surface area (TPSA) is 58.6 Å². The molecule has 0 atom stereocenters. The molecule has 0 saturated carbocycles. The zero-order chi connectivity index (χ0) is 21.1. The van der Waals surface area contributed by atoms with E-state index in [1.807, 2.05) is 73.6 Å². The van der Waals surface area contributed by atoms with Gasteiger partial charge in [-0.2, -0.15) is 0 Å². The summed E-state index contributed by atoms with van der Waals surface area (Å²) < 4.78 is 11.9. The molecule has 2 aromatic heterocycles. The zero-order valence-corrected chi connectivity index (χ0v) is 17.7. The van der Waals surface area contributed by atoms with Crippen molar-refractivity contribution in [1.29, 1.82) is 0 Å². The molecule has 4 rings (SSSR count). The molecule has 0 saturated heterocycles. The first-order valence-corrected chi connectivity index (χ1v) is 10.2. The summed E-state index contributed by atoms with van der Waals surface area (Å²) in [7, 11) is 3.92. The van der Waals surface area contributed by atoms with Gasteiger partial charge < -0.3 is 19.1 Å². The van der Waals surface area contributed by atoms with E-state index in [0.29, 0.717) is 29.5 Å². The number of hydrogen-bond donors (Lipinski definition) is 1. The number of fused-ring (bicyclic) bond motifs is 1. The fourth-order valence-corrected chi connectivity index (χ4v) is 3.57. The fraction of sp³-hybridized carbons (Fsp3) is 0.208. The molecule has 1 N–H and O–H groups in total. The lowest BCUT2D eigenvalue weighted by molar-refractivity contribution is 0.0921. The Balaban J connectivity index is 1.56. The number of benzene rings is 2. The number of carbonyl (C=O) groups is 1. The molecule has 0 unspecified atom stereocenters. The van der Waals surface area contributed by atoms with Crippen molar-refractivity contribution in [3.8, 4) is 11.3 Å². The van der Waals surface area contributed by atoms with Crippen molar-refractivity contribution in [2.24, 2.45) is 0 Å². The molecule has 0 aliphatic rings. The Morgan fingerprint density at radius 3 is 2.60 bits per heavy atom. The number of halogens is 1. The number of rotatable bonds is 7. The standard InChI is InChI=1S/C24H23ClN2O3/c1-27(2)11-10-26-24(28)21-9-8-20(29-21)14-17-12-19(25)13-18-15-22(30-23(17)18)16-6-4-3-5-7-16/h3-9,12-13,15H,10-11,14H2,1-2H3,(H,26,28). The molecule has 2 heterocycles. The first-order valence-electron chi connectivity index (χ1n) is 9.78. The minimum absolute atomic E-state index is 0.219. The maximum absolute atomic E-state index is 12.3. The molecule has 30 heavy (non-hydrogen) atoms. The van der Waals surface area contributed by atoms with E-state index in [-0.39, 0.29) is 5.91 Å². The van der Waals surface area contributed by atoms with Gasteiger partial charge in [0.05, 0.1) is 0 Å². The summed E-state index contributed by atoms with van der Waals surface area (Å²) >= 11 is 6.34. The number of nitrogens with zero attached hydrogens (tertiary/aromatic N) is 1. The van der Waals surface area contributed by atoms with Crippen LogP contribution in [0.4, 0.5) is 0 Å². The lowest BCUT2D eigenvalue weighted by atomic mass is 10.1. The van der Waals surface area contributed by atoms with Crippen molar-refractivity contribution in [2.75, 3.05) is 27.2 Å². The Bertz CT molecular complexity index is 1160. The summed E-state index contributed by atoms with van der Waals surface area (Å²) in [4.78, 5) is 14.3. The van der Waals surface area contributed by atoms with Crippen LogP contribution in [0.3, 0.4) is 0 Å². The molecule has 0 bridgehead atoms. The summed E-state index contributed by atoms with van der Waals surface area (Å²) in [5.74, 6) is 1.54. The lowest BCUT2D eigenvalue weighted by Gasteiger charge is -2.09. The Morgan fingerprint density at radius 1 is 1.03 bits per heavy atom. The fourth-order valence-electron chi connectivity index (χ4n) is 3.32. The monoisotopic (exact) mass is 422 g/mol. The number of nitrogens with one attached hydrogen (secondary N) is 1. The Hall–Kier alpha value is -3.02. The Morgan fingerprint density at radius 2 is 1.83 bits per heavy atom. The van der Waals surface area contributed by atoms with E-state index in [4.69, 9.17) is 20.4 Å². The van der Waals surface area contributed by atoms with Crippen LogP contribution in [0.15, 0.2) is 69.5 Å².